The summed E-state index contributed by atoms with van der Waals surface area (Å²) in [5.74, 6) is 0.576. The molecule has 0 spiro atoms. The maximum atomic E-state index is 12.9. The predicted molar refractivity (Wildman–Crippen MR) is 110 cm³/mol. The summed E-state index contributed by atoms with van der Waals surface area (Å²) in [5, 5.41) is 5.19. The van der Waals surface area contributed by atoms with Crippen molar-refractivity contribution in [1.29, 1.82) is 0 Å². The molecule has 0 aromatic heterocycles. The molecule has 0 bridgehead atoms. The highest BCUT2D eigenvalue weighted by molar-refractivity contribution is 5.84. The van der Waals surface area contributed by atoms with Crippen LogP contribution in [-0.2, 0) is 17.8 Å². The van der Waals surface area contributed by atoms with E-state index in [4.69, 9.17) is 4.74 Å². The highest BCUT2D eigenvalue weighted by atomic mass is 19.1. The van der Waals surface area contributed by atoms with Crippen LogP contribution in [0.15, 0.2) is 60.7 Å². The van der Waals surface area contributed by atoms with Crippen molar-refractivity contribution in [3.63, 3.8) is 0 Å². The molecule has 0 aliphatic rings. The summed E-state index contributed by atoms with van der Waals surface area (Å²) in [5.41, 5.74) is 2.15. The van der Waals surface area contributed by atoms with E-state index in [1.165, 1.54) is 12.1 Å². The van der Waals surface area contributed by atoms with Crippen molar-refractivity contribution in [2.75, 3.05) is 27.2 Å². The zero-order valence-electron chi connectivity index (χ0n) is 16.2. The summed E-state index contributed by atoms with van der Waals surface area (Å²) in [4.78, 5) is 14.1. The molecule has 0 aliphatic heterocycles. The van der Waals surface area contributed by atoms with Crippen molar-refractivity contribution >= 4 is 16.7 Å². The molecule has 1 amide bonds. The van der Waals surface area contributed by atoms with Gasteiger partial charge in [0.1, 0.15) is 11.6 Å². The van der Waals surface area contributed by atoms with Crippen LogP contribution in [0.4, 0.5) is 4.39 Å². The van der Waals surface area contributed by atoms with E-state index in [1.807, 2.05) is 30.1 Å². The molecule has 0 saturated heterocycles. The minimum atomic E-state index is -0.248. The molecule has 146 valence electrons. The van der Waals surface area contributed by atoms with Gasteiger partial charge >= 0.3 is 0 Å². The lowest BCUT2D eigenvalue weighted by Gasteiger charge is -2.17. The number of nitrogens with one attached hydrogen (secondary N) is 1. The second-order valence-electron chi connectivity index (χ2n) is 6.95. The highest BCUT2D eigenvalue weighted by Crippen LogP contribution is 2.22. The van der Waals surface area contributed by atoms with Crippen LogP contribution in [0, 0.1) is 5.82 Å². The normalized spacial score (nSPS) is 11.0. The second-order valence-corrected chi connectivity index (χ2v) is 6.95. The number of methoxy groups -OCH3 is 1. The first kappa shape index (κ1) is 19.8. The molecule has 0 heterocycles. The van der Waals surface area contributed by atoms with E-state index < -0.39 is 0 Å². The molecule has 3 aromatic rings. The number of rotatable bonds is 8. The van der Waals surface area contributed by atoms with Crippen LogP contribution in [0.5, 0.6) is 5.75 Å². The van der Waals surface area contributed by atoms with Crippen LogP contribution in [-0.4, -0.2) is 38.1 Å². The number of fused-ring (bicyclic) bond motifs is 1. The predicted octanol–water partition coefficient (Wildman–Crippen LogP) is 3.78. The summed E-state index contributed by atoms with van der Waals surface area (Å²) in [6, 6.07) is 18.6. The molecular formula is C23H25FN2O2. The van der Waals surface area contributed by atoms with Gasteiger partial charge in [-0.05, 0) is 65.7 Å². The zero-order valence-corrected chi connectivity index (χ0v) is 16.2. The molecular weight excluding hydrogens is 355 g/mol. The third kappa shape index (κ3) is 5.54. The van der Waals surface area contributed by atoms with Gasteiger partial charge in [-0.3, -0.25) is 9.69 Å². The first-order valence-corrected chi connectivity index (χ1v) is 9.30. The van der Waals surface area contributed by atoms with Crippen molar-refractivity contribution in [3.8, 4) is 5.75 Å². The Labute approximate surface area is 164 Å². The Morgan fingerprint density at radius 3 is 2.43 bits per heavy atom. The number of halogens is 1. The van der Waals surface area contributed by atoms with Gasteiger partial charge in [-0.15, -0.1) is 0 Å². The van der Waals surface area contributed by atoms with Gasteiger partial charge in [0.15, 0.2) is 0 Å². The van der Waals surface area contributed by atoms with Crippen LogP contribution in [0.3, 0.4) is 0 Å². The van der Waals surface area contributed by atoms with Gasteiger partial charge < -0.3 is 10.1 Å². The fraction of sp³-hybridized carbons (Fsp3) is 0.261. The molecule has 0 radical (unpaired) electrons. The monoisotopic (exact) mass is 380 g/mol. The second kappa shape index (κ2) is 9.33. The average molecular weight is 380 g/mol. The minimum absolute atomic E-state index is 0.0184. The lowest BCUT2D eigenvalue weighted by atomic mass is 10.1. The average Bonchev–Trinajstić information content (AvgIpc) is 2.69. The van der Waals surface area contributed by atoms with Gasteiger partial charge in [-0.2, -0.15) is 0 Å². The van der Waals surface area contributed by atoms with Crippen molar-refractivity contribution in [2.24, 2.45) is 0 Å². The standard InChI is InChI=1S/C23H25FN2O2/c1-26(16-23(27)25-12-11-17-4-8-21(24)9-5-17)15-18-3-6-20-14-22(28-2)10-7-19(20)13-18/h3-10,13-14H,11-12,15-16H2,1-2H3,(H,25,27). The summed E-state index contributed by atoms with van der Waals surface area (Å²) in [7, 11) is 3.59. The van der Waals surface area contributed by atoms with Gasteiger partial charge in [0, 0.05) is 13.1 Å². The fourth-order valence-corrected chi connectivity index (χ4v) is 3.16. The molecule has 0 fully saturated rings. The Morgan fingerprint density at radius 2 is 1.68 bits per heavy atom. The zero-order chi connectivity index (χ0) is 19.9. The Morgan fingerprint density at radius 1 is 1.00 bits per heavy atom. The number of hydrogen-bond acceptors (Lipinski definition) is 3. The third-order valence-electron chi connectivity index (χ3n) is 4.63. The molecule has 0 atom stereocenters. The maximum absolute atomic E-state index is 12.9. The van der Waals surface area contributed by atoms with E-state index in [-0.39, 0.29) is 11.7 Å². The molecule has 0 aliphatic carbocycles. The van der Waals surface area contributed by atoms with E-state index in [0.717, 1.165) is 27.6 Å². The van der Waals surface area contributed by atoms with E-state index >= 15 is 0 Å². The fourth-order valence-electron chi connectivity index (χ4n) is 3.16. The van der Waals surface area contributed by atoms with Crippen LogP contribution >= 0.6 is 0 Å². The molecule has 28 heavy (non-hydrogen) atoms. The quantitative estimate of drug-likeness (QED) is 0.647. The van der Waals surface area contributed by atoms with E-state index in [2.05, 4.69) is 23.5 Å². The Hall–Kier alpha value is -2.92. The molecule has 3 aromatic carbocycles. The first-order chi connectivity index (χ1) is 13.5. The van der Waals surface area contributed by atoms with Crippen molar-refractivity contribution < 1.29 is 13.9 Å². The summed E-state index contributed by atoms with van der Waals surface area (Å²) < 4.78 is 18.2. The summed E-state index contributed by atoms with van der Waals surface area (Å²) >= 11 is 0. The number of ether oxygens (including phenoxy) is 1. The molecule has 0 unspecified atom stereocenters. The minimum Gasteiger partial charge on any atom is -0.497 e. The number of carbonyl (C=O) groups is 1. The van der Waals surface area contributed by atoms with Crippen LogP contribution in [0.1, 0.15) is 11.1 Å². The van der Waals surface area contributed by atoms with Crippen LogP contribution in [0.2, 0.25) is 0 Å². The Bertz CT molecular complexity index is 941. The highest BCUT2D eigenvalue weighted by Gasteiger charge is 2.08. The molecule has 1 N–H and O–H groups in total. The third-order valence-corrected chi connectivity index (χ3v) is 4.63. The van der Waals surface area contributed by atoms with Gasteiger partial charge in [-0.25, -0.2) is 4.39 Å². The largest absolute Gasteiger partial charge is 0.497 e. The van der Waals surface area contributed by atoms with Crippen molar-refractivity contribution in [1.82, 2.24) is 10.2 Å². The lowest BCUT2D eigenvalue weighted by molar-refractivity contribution is -0.122. The topological polar surface area (TPSA) is 41.6 Å². The molecule has 4 nitrogen and oxygen atoms in total. The van der Waals surface area contributed by atoms with Crippen molar-refractivity contribution in [2.45, 2.75) is 13.0 Å². The van der Waals surface area contributed by atoms with Gasteiger partial charge in [0.05, 0.1) is 13.7 Å². The Balaban J connectivity index is 1.47. The Kier molecular flexibility index (Phi) is 6.61. The van der Waals surface area contributed by atoms with Gasteiger partial charge in [-0.1, -0.05) is 30.3 Å². The number of carbonyl (C=O) groups excluding carboxylic acids is 1. The number of benzene rings is 3. The van der Waals surface area contributed by atoms with Crippen molar-refractivity contribution in [3.05, 3.63) is 77.6 Å². The lowest BCUT2D eigenvalue weighted by Crippen LogP contribution is -2.35. The van der Waals surface area contributed by atoms with E-state index in [0.29, 0.717) is 26.1 Å². The first-order valence-electron chi connectivity index (χ1n) is 9.30. The van der Waals surface area contributed by atoms with Gasteiger partial charge in [0.2, 0.25) is 5.91 Å². The molecule has 0 saturated carbocycles. The number of amides is 1. The van der Waals surface area contributed by atoms with Crippen LogP contribution < -0.4 is 10.1 Å². The van der Waals surface area contributed by atoms with E-state index in [9.17, 15) is 9.18 Å². The molecule has 3 rings (SSSR count). The SMILES string of the molecule is COc1ccc2cc(CN(C)CC(=O)NCCc3ccc(F)cc3)ccc2c1. The molecule has 5 heteroatoms. The summed E-state index contributed by atoms with van der Waals surface area (Å²) in [6.45, 7) is 1.55. The summed E-state index contributed by atoms with van der Waals surface area (Å²) in [6.07, 6.45) is 0.684. The van der Waals surface area contributed by atoms with Crippen LogP contribution in [0.25, 0.3) is 10.8 Å². The number of nitrogens with zero attached hydrogens (tertiary/aromatic N) is 1. The van der Waals surface area contributed by atoms with E-state index in [1.54, 1.807) is 19.2 Å². The maximum Gasteiger partial charge on any atom is 0.234 e. The smallest absolute Gasteiger partial charge is 0.234 e. The van der Waals surface area contributed by atoms with Gasteiger partial charge in [0.25, 0.3) is 0 Å². The number of likely N-dealkylation sites (N-methyl/N-ethyl adjacent to an activating group) is 1. The number of hydrogen-bond donors (Lipinski definition) is 1.